The van der Waals surface area contributed by atoms with Gasteiger partial charge in [-0.05, 0) is 80.8 Å². The lowest BCUT2D eigenvalue weighted by Crippen LogP contribution is -2.56. The molecule has 3 saturated carbocycles. The average Bonchev–Trinajstić information content (AvgIpc) is 2.54. The van der Waals surface area contributed by atoms with Crippen LogP contribution in [0.2, 0.25) is 0 Å². The number of hydrogen-bond acceptors (Lipinski definition) is 0. The van der Waals surface area contributed by atoms with Gasteiger partial charge < -0.3 is 0 Å². The number of hydrogen-bond donors (Lipinski definition) is 0. The van der Waals surface area contributed by atoms with Crippen LogP contribution in [0.1, 0.15) is 61.3 Å². The van der Waals surface area contributed by atoms with E-state index in [0.717, 1.165) is 29.6 Å². The first-order valence-electron chi connectivity index (χ1n) is 8.12. The van der Waals surface area contributed by atoms with Gasteiger partial charge in [0.05, 0.1) is 0 Å². The predicted octanol–water partition coefficient (Wildman–Crippen LogP) is 5.61. The van der Waals surface area contributed by atoms with E-state index < -0.39 is 0 Å². The fraction of sp³-hybridized carbons (Fsp3) is 0.789. The molecule has 0 aliphatic heterocycles. The van der Waals surface area contributed by atoms with E-state index in [1.165, 1.54) is 12.8 Å². The van der Waals surface area contributed by atoms with Gasteiger partial charge >= 0.3 is 0 Å². The molecule has 4 rings (SSSR count). The minimum Gasteiger partial charge on any atom is -0.0627 e. The Hall–Kier alpha value is -0.520. The molecule has 0 spiro atoms. The van der Waals surface area contributed by atoms with Gasteiger partial charge in [-0.15, -0.1) is 0 Å². The molecule has 0 amide bonds. The highest BCUT2D eigenvalue weighted by Gasteiger charge is 2.57. The largest absolute Gasteiger partial charge is 0.0627 e. The van der Waals surface area contributed by atoms with Gasteiger partial charge in [0, 0.05) is 5.92 Å². The molecule has 4 aliphatic carbocycles. The number of rotatable bonds is 1. The molecule has 0 radical (unpaired) electrons. The molecule has 4 unspecified atom stereocenters. The Morgan fingerprint density at radius 3 is 1.84 bits per heavy atom. The summed E-state index contributed by atoms with van der Waals surface area (Å²) in [5, 5.41) is 0. The van der Waals surface area contributed by atoms with Crippen LogP contribution in [0.15, 0.2) is 22.3 Å². The Morgan fingerprint density at radius 1 is 0.895 bits per heavy atom. The Balaban J connectivity index is 1.90. The maximum atomic E-state index is 2.54. The van der Waals surface area contributed by atoms with Crippen LogP contribution in [-0.2, 0) is 0 Å². The molecule has 106 valence electrons. The van der Waals surface area contributed by atoms with Crippen molar-refractivity contribution in [3.05, 3.63) is 22.3 Å². The summed E-state index contributed by atoms with van der Waals surface area (Å²) in [5.74, 6) is 4.52. The van der Waals surface area contributed by atoms with E-state index in [-0.39, 0.29) is 0 Å². The Labute approximate surface area is 119 Å². The summed E-state index contributed by atoms with van der Waals surface area (Å²) in [6.07, 6.45) is 2.96. The van der Waals surface area contributed by atoms with Crippen LogP contribution in [0.4, 0.5) is 0 Å². The van der Waals surface area contributed by atoms with Crippen molar-refractivity contribution in [1.82, 2.24) is 0 Å². The highest BCUT2D eigenvalue weighted by molar-refractivity contribution is 5.47. The molecule has 0 aromatic carbocycles. The molecule has 2 bridgehead atoms. The Kier molecular flexibility index (Phi) is 2.83. The van der Waals surface area contributed by atoms with Gasteiger partial charge in [-0.25, -0.2) is 0 Å². The first-order chi connectivity index (χ1) is 8.76. The summed E-state index contributed by atoms with van der Waals surface area (Å²) in [7, 11) is 0. The molecule has 0 aromatic heterocycles. The van der Waals surface area contributed by atoms with Crippen LogP contribution in [0, 0.1) is 35.0 Å². The zero-order chi connectivity index (χ0) is 14.1. The second-order valence-electron chi connectivity index (χ2n) is 8.21. The monoisotopic (exact) mass is 258 g/mol. The van der Waals surface area contributed by atoms with Crippen LogP contribution in [0.5, 0.6) is 0 Å². The average molecular weight is 258 g/mol. The van der Waals surface area contributed by atoms with Gasteiger partial charge in [0.25, 0.3) is 0 Å². The van der Waals surface area contributed by atoms with Crippen LogP contribution in [0.3, 0.4) is 0 Å². The Bertz CT molecular complexity index is 450. The summed E-state index contributed by atoms with van der Waals surface area (Å²) in [5.41, 5.74) is 7.12. The second-order valence-corrected chi connectivity index (χ2v) is 8.21. The molecular weight excluding hydrogens is 228 g/mol. The summed E-state index contributed by atoms with van der Waals surface area (Å²) < 4.78 is 0. The maximum absolute atomic E-state index is 2.54. The zero-order valence-electron chi connectivity index (χ0n) is 13.8. The van der Waals surface area contributed by atoms with E-state index in [4.69, 9.17) is 0 Å². The fourth-order valence-electron chi connectivity index (χ4n) is 5.65. The molecule has 0 saturated heterocycles. The maximum Gasteiger partial charge on any atom is 0.00441 e. The fourth-order valence-corrected chi connectivity index (χ4v) is 5.65. The Morgan fingerprint density at radius 2 is 1.42 bits per heavy atom. The van der Waals surface area contributed by atoms with Crippen LogP contribution in [-0.4, -0.2) is 0 Å². The van der Waals surface area contributed by atoms with Gasteiger partial charge in [0.2, 0.25) is 0 Å². The van der Waals surface area contributed by atoms with E-state index in [0.29, 0.717) is 5.41 Å². The van der Waals surface area contributed by atoms with E-state index in [2.05, 4.69) is 48.5 Å². The predicted molar refractivity (Wildman–Crippen MR) is 82.9 cm³/mol. The van der Waals surface area contributed by atoms with E-state index in [1.807, 2.05) is 0 Å². The van der Waals surface area contributed by atoms with Crippen molar-refractivity contribution in [2.75, 3.05) is 0 Å². The minimum absolute atomic E-state index is 0.619. The normalized spacial score (nSPS) is 41.8. The SMILES string of the molecule is CC1=C(C)C(C2CC3CC(C2C)C3(C)C)C(C)=C1C. The van der Waals surface area contributed by atoms with Gasteiger partial charge in [0.15, 0.2) is 0 Å². The number of allylic oxidation sites excluding steroid dienone is 4. The quantitative estimate of drug-likeness (QED) is 0.573. The highest BCUT2D eigenvalue weighted by atomic mass is 14.6. The third kappa shape index (κ3) is 1.58. The lowest BCUT2D eigenvalue weighted by atomic mass is 9.42. The van der Waals surface area contributed by atoms with Crippen molar-refractivity contribution in [3.8, 4) is 0 Å². The van der Waals surface area contributed by atoms with Crippen LogP contribution in [0.25, 0.3) is 0 Å². The van der Waals surface area contributed by atoms with Gasteiger partial charge in [-0.3, -0.25) is 0 Å². The molecule has 4 atom stereocenters. The second kappa shape index (κ2) is 3.99. The number of fused-ring (bicyclic) bond motifs is 2. The zero-order valence-corrected chi connectivity index (χ0v) is 13.8. The standard InChI is InChI=1S/C19H30/c1-10-11(2)13(4)18(12(10)3)16-8-15-9-17(14(16)5)19(15,6)7/h14-18H,8-9H2,1-7H3. The third-order valence-corrected chi connectivity index (χ3v) is 7.52. The van der Waals surface area contributed by atoms with Gasteiger partial charge in [-0.2, -0.15) is 0 Å². The molecule has 0 N–H and O–H groups in total. The lowest BCUT2D eigenvalue weighted by molar-refractivity contribution is -0.134. The summed E-state index contributed by atoms with van der Waals surface area (Å²) in [6.45, 7) is 17.0. The van der Waals surface area contributed by atoms with Gasteiger partial charge in [0.1, 0.15) is 0 Å². The van der Waals surface area contributed by atoms with Crippen molar-refractivity contribution in [1.29, 1.82) is 0 Å². The van der Waals surface area contributed by atoms with Crippen molar-refractivity contribution >= 4 is 0 Å². The molecule has 19 heavy (non-hydrogen) atoms. The molecule has 0 heterocycles. The lowest BCUT2D eigenvalue weighted by Gasteiger charge is -2.63. The van der Waals surface area contributed by atoms with Crippen LogP contribution >= 0.6 is 0 Å². The van der Waals surface area contributed by atoms with E-state index in [9.17, 15) is 0 Å². The van der Waals surface area contributed by atoms with Crippen molar-refractivity contribution < 1.29 is 0 Å². The molecular formula is C19H30. The summed E-state index contributed by atoms with van der Waals surface area (Å²) >= 11 is 0. The topological polar surface area (TPSA) is 0 Å². The third-order valence-electron chi connectivity index (χ3n) is 7.52. The minimum atomic E-state index is 0.619. The van der Waals surface area contributed by atoms with Crippen molar-refractivity contribution in [3.63, 3.8) is 0 Å². The molecule has 3 fully saturated rings. The first kappa shape index (κ1) is 13.5. The van der Waals surface area contributed by atoms with Crippen molar-refractivity contribution in [2.45, 2.75) is 61.3 Å². The molecule has 0 aromatic rings. The summed E-state index contributed by atoms with van der Waals surface area (Å²) in [6, 6.07) is 0. The molecule has 4 aliphatic rings. The first-order valence-corrected chi connectivity index (χ1v) is 8.12. The summed E-state index contributed by atoms with van der Waals surface area (Å²) in [4.78, 5) is 0. The van der Waals surface area contributed by atoms with E-state index in [1.54, 1.807) is 22.3 Å². The smallest absolute Gasteiger partial charge is 0.00441 e. The molecule has 0 nitrogen and oxygen atoms in total. The highest BCUT2D eigenvalue weighted by Crippen LogP contribution is 2.65. The molecule has 0 heteroatoms. The van der Waals surface area contributed by atoms with Crippen LogP contribution < -0.4 is 0 Å². The van der Waals surface area contributed by atoms with Gasteiger partial charge in [-0.1, -0.05) is 31.9 Å². The van der Waals surface area contributed by atoms with E-state index >= 15 is 0 Å². The van der Waals surface area contributed by atoms with Crippen molar-refractivity contribution in [2.24, 2.45) is 35.0 Å².